The number of anilines is 2. The van der Waals surface area contributed by atoms with Crippen molar-refractivity contribution in [3.63, 3.8) is 0 Å². The number of pyridine rings is 1. The van der Waals surface area contributed by atoms with Crippen LogP contribution >= 0.6 is 22.9 Å². The largest absolute Gasteiger partial charge is 0.398 e. The van der Waals surface area contributed by atoms with E-state index < -0.39 is 0 Å². The third-order valence-electron chi connectivity index (χ3n) is 3.24. The zero-order valence-electron chi connectivity index (χ0n) is 11.0. The second-order valence-electron chi connectivity index (χ2n) is 4.60. The molecule has 0 aliphatic rings. The van der Waals surface area contributed by atoms with E-state index in [0.717, 1.165) is 32.7 Å². The van der Waals surface area contributed by atoms with Crippen LogP contribution in [0.1, 0.15) is 10.4 Å². The number of aromatic nitrogens is 1. The number of nitrogens with zero attached hydrogens (tertiary/aromatic N) is 1. The third-order valence-corrected chi connectivity index (χ3v) is 4.47. The molecule has 3 N–H and O–H groups in total. The molecule has 0 saturated heterocycles. The molecule has 0 radical (unpaired) electrons. The molecule has 0 fully saturated rings. The first-order chi connectivity index (χ1) is 9.66. The smallest absolute Gasteiger partial charge is 0.0752 e. The lowest BCUT2D eigenvalue weighted by Gasteiger charge is -2.13. The fourth-order valence-corrected chi connectivity index (χ4v) is 3.29. The Morgan fingerprint density at radius 3 is 3.00 bits per heavy atom. The van der Waals surface area contributed by atoms with Crippen molar-refractivity contribution >= 4 is 45.2 Å². The first-order valence-corrected chi connectivity index (χ1v) is 7.52. The molecule has 3 rings (SSSR count). The van der Waals surface area contributed by atoms with E-state index in [1.165, 1.54) is 0 Å². The van der Waals surface area contributed by atoms with Crippen molar-refractivity contribution in [2.75, 3.05) is 11.1 Å². The topological polar surface area (TPSA) is 50.9 Å². The number of fused-ring (bicyclic) bond motifs is 1. The van der Waals surface area contributed by atoms with Gasteiger partial charge in [-0.3, -0.25) is 4.98 Å². The summed E-state index contributed by atoms with van der Waals surface area (Å²) < 4.78 is 0. The molecular formula is C15H14ClN3S. The number of nitrogens with two attached hydrogens (primary N) is 1. The lowest BCUT2D eigenvalue weighted by atomic mass is 10.1. The quantitative estimate of drug-likeness (QED) is 0.751. The van der Waals surface area contributed by atoms with Crippen LogP contribution in [-0.4, -0.2) is 4.98 Å². The molecule has 0 spiro atoms. The van der Waals surface area contributed by atoms with Crippen LogP contribution in [0.15, 0.2) is 35.8 Å². The molecule has 0 aliphatic heterocycles. The van der Waals surface area contributed by atoms with Crippen LogP contribution in [0.3, 0.4) is 0 Å². The molecule has 3 nitrogen and oxygen atoms in total. The average Bonchev–Trinajstić information content (AvgIpc) is 2.84. The zero-order chi connectivity index (χ0) is 14.1. The minimum Gasteiger partial charge on any atom is -0.398 e. The molecule has 0 atom stereocenters. The molecule has 1 aromatic carbocycles. The zero-order valence-corrected chi connectivity index (χ0v) is 12.6. The van der Waals surface area contributed by atoms with Crippen LogP contribution in [0.4, 0.5) is 11.4 Å². The minimum atomic E-state index is 0.663. The highest BCUT2D eigenvalue weighted by atomic mass is 35.5. The number of nitrogens with one attached hydrogen (secondary N) is 1. The Kier molecular flexibility index (Phi) is 3.51. The minimum absolute atomic E-state index is 0.663. The highest BCUT2D eigenvalue weighted by Crippen LogP contribution is 2.33. The molecule has 2 aromatic heterocycles. The van der Waals surface area contributed by atoms with Crippen LogP contribution in [0.5, 0.6) is 0 Å². The number of nitrogen functional groups attached to an aromatic ring is 1. The predicted molar refractivity (Wildman–Crippen MR) is 87.5 cm³/mol. The van der Waals surface area contributed by atoms with Gasteiger partial charge in [0.15, 0.2) is 0 Å². The van der Waals surface area contributed by atoms with Gasteiger partial charge in [0.05, 0.1) is 22.8 Å². The summed E-state index contributed by atoms with van der Waals surface area (Å²) in [5.74, 6) is 0. The Bertz CT molecular complexity index is 767. The highest BCUT2D eigenvalue weighted by molar-refractivity contribution is 7.10. The lowest BCUT2D eigenvalue weighted by molar-refractivity contribution is 1.20. The maximum Gasteiger partial charge on any atom is 0.0752 e. The van der Waals surface area contributed by atoms with E-state index >= 15 is 0 Å². The van der Waals surface area contributed by atoms with Crippen molar-refractivity contribution in [1.29, 1.82) is 0 Å². The molecule has 0 saturated carbocycles. The molecule has 5 heteroatoms. The summed E-state index contributed by atoms with van der Waals surface area (Å²) in [7, 11) is 0. The van der Waals surface area contributed by atoms with E-state index in [0.29, 0.717) is 11.6 Å². The van der Waals surface area contributed by atoms with Crippen LogP contribution < -0.4 is 11.1 Å². The maximum atomic E-state index is 6.37. The second-order valence-corrected chi connectivity index (χ2v) is 6.01. The van der Waals surface area contributed by atoms with Gasteiger partial charge in [-0.05, 0) is 42.1 Å². The Morgan fingerprint density at radius 1 is 1.40 bits per heavy atom. The van der Waals surface area contributed by atoms with E-state index in [-0.39, 0.29) is 0 Å². The Labute approximate surface area is 126 Å². The van der Waals surface area contributed by atoms with Crippen molar-refractivity contribution < 1.29 is 0 Å². The van der Waals surface area contributed by atoms with Gasteiger partial charge >= 0.3 is 0 Å². The molecule has 3 aromatic rings. The number of benzene rings is 1. The summed E-state index contributed by atoms with van der Waals surface area (Å²) in [4.78, 5) is 5.53. The normalized spacial score (nSPS) is 10.9. The van der Waals surface area contributed by atoms with E-state index in [1.54, 1.807) is 17.5 Å². The van der Waals surface area contributed by atoms with E-state index in [4.69, 9.17) is 17.3 Å². The predicted octanol–water partition coefficient (Wildman–Crippen LogP) is 4.45. The van der Waals surface area contributed by atoms with Gasteiger partial charge in [-0.15, -0.1) is 11.3 Å². The first kappa shape index (κ1) is 13.2. The number of hydrogen-bond donors (Lipinski definition) is 2. The molecule has 20 heavy (non-hydrogen) atoms. The summed E-state index contributed by atoms with van der Waals surface area (Å²) in [6.07, 6.45) is 1.80. The number of hydrogen-bond acceptors (Lipinski definition) is 4. The second kappa shape index (κ2) is 5.31. The number of rotatable bonds is 3. The third kappa shape index (κ3) is 2.32. The van der Waals surface area contributed by atoms with E-state index in [2.05, 4.69) is 10.3 Å². The Morgan fingerprint density at radius 2 is 2.25 bits per heavy atom. The van der Waals surface area contributed by atoms with Crippen LogP contribution in [-0.2, 0) is 6.54 Å². The number of thiophene rings is 1. The van der Waals surface area contributed by atoms with Gasteiger partial charge in [-0.2, -0.15) is 0 Å². The molecule has 0 amide bonds. The van der Waals surface area contributed by atoms with E-state index in [9.17, 15) is 0 Å². The van der Waals surface area contributed by atoms with Crippen LogP contribution in [0, 0.1) is 6.92 Å². The Balaban J connectivity index is 2.01. The average molecular weight is 304 g/mol. The fourth-order valence-electron chi connectivity index (χ4n) is 2.22. The standard InChI is InChI=1S/C15H14ClN3S/c1-9-7-11(16)15(10-3-2-5-18-14(9)10)19-8-13-12(17)4-6-20-13/h2-7,19H,8,17H2,1H3. The van der Waals surface area contributed by atoms with Crippen molar-refractivity contribution in [2.45, 2.75) is 13.5 Å². The Hall–Kier alpha value is -1.78. The van der Waals surface area contributed by atoms with Gasteiger partial charge in [0, 0.05) is 22.1 Å². The maximum absolute atomic E-state index is 6.37. The molecule has 102 valence electrons. The van der Waals surface area contributed by atoms with Gasteiger partial charge in [0.25, 0.3) is 0 Å². The van der Waals surface area contributed by atoms with Gasteiger partial charge in [-0.25, -0.2) is 0 Å². The molecular weight excluding hydrogens is 290 g/mol. The summed E-state index contributed by atoms with van der Waals surface area (Å²) in [6, 6.07) is 7.80. The van der Waals surface area contributed by atoms with E-state index in [1.807, 2.05) is 36.6 Å². The van der Waals surface area contributed by atoms with Gasteiger partial charge in [0.1, 0.15) is 0 Å². The van der Waals surface area contributed by atoms with Crippen molar-refractivity contribution in [3.05, 3.63) is 51.3 Å². The summed E-state index contributed by atoms with van der Waals surface area (Å²) in [5.41, 5.74) is 9.67. The monoisotopic (exact) mass is 303 g/mol. The first-order valence-electron chi connectivity index (χ1n) is 6.26. The molecule has 0 unspecified atom stereocenters. The number of halogens is 1. The highest BCUT2D eigenvalue weighted by Gasteiger charge is 2.10. The molecule has 0 aliphatic carbocycles. The SMILES string of the molecule is Cc1cc(Cl)c(NCc2sccc2N)c2cccnc12. The van der Waals surface area contributed by atoms with Gasteiger partial charge in [0.2, 0.25) is 0 Å². The van der Waals surface area contributed by atoms with Crippen molar-refractivity contribution in [3.8, 4) is 0 Å². The number of aryl methyl sites for hydroxylation is 1. The summed E-state index contributed by atoms with van der Waals surface area (Å²) in [5, 5.41) is 7.12. The molecule has 0 bridgehead atoms. The molecule has 2 heterocycles. The summed E-state index contributed by atoms with van der Waals surface area (Å²) >= 11 is 8.01. The summed E-state index contributed by atoms with van der Waals surface area (Å²) in [6.45, 7) is 2.68. The van der Waals surface area contributed by atoms with Gasteiger partial charge in [-0.1, -0.05) is 11.6 Å². The van der Waals surface area contributed by atoms with Crippen molar-refractivity contribution in [2.24, 2.45) is 0 Å². The lowest BCUT2D eigenvalue weighted by Crippen LogP contribution is -2.02. The van der Waals surface area contributed by atoms with Gasteiger partial charge < -0.3 is 11.1 Å². The van der Waals surface area contributed by atoms with Crippen LogP contribution in [0.25, 0.3) is 10.9 Å². The van der Waals surface area contributed by atoms with Crippen molar-refractivity contribution in [1.82, 2.24) is 4.98 Å². The fraction of sp³-hybridized carbons (Fsp3) is 0.133. The van der Waals surface area contributed by atoms with Crippen LogP contribution in [0.2, 0.25) is 5.02 Å².